The molecule has 0 spiro atoms. The molecule has 0 heterocycles. The maximum absolute atomic E-state index is 9.74. The number of allylic oxidation sites excluding steroid dienone is 4. The Morgan fingerprint density at radius 3 is 2.76 bits per heavy atom. The number of rotatable bonds is 3. The molecule has 21 heavy (non-hydrogen) atoms. The van der Waals surface area contributed by atoms with Crippen LogP contribution in [0, 0.1) is 17.3 Å². The van der Waals surface area contributed by atoms with Gasteiger partial charge in [0.05, 0.1) is 5.60 Å². The first kappa shape index (κ1) is 16.5. The fourth-order valence-electron chi connectivity index (χ4n) is 4.20. The van der Waals surface area contributed by atoms with E-state index in [2.05, 4.69) is 26.5 Å². The van der Waals surface area contributed by atoms with Crippen LogP contribution in [-0.4, -0.2) is 10.7 Å². The van der Waals surface area contributed by atoms with Gasteiger partial charge in [0, 0.05) is 0 Å². The van der Waals surface area contributed by atoms with Gasteiger partial charge in [-0.25, -0.2) is 0 Å². The molecule has 1 N–H and O–H groups in total. The van der Waals surface area contributed by atoms with Crippen LogP contribution in [0.3, 0.4) is 0 Å². The third-order valence-corrected chi connectivity index (χ3v) is 5.67. The maximum Gasteiger partial charge on any atom is 0.0774 e. The van der Waals surface area contributed by atoms with E-state index in [-0.39, 0.29) is 0 Å². The second kappa shape index (κ2) is 6.12. The molecule has 0 bridgehead atoms. The summed E-state index contributed by atoms with van der Waals surface area (Å²) in [4.78, 5) is 0. The van der Waals surface area contributed by atoms with Crippen LogP contribution in [0.2, 0.25) is 0 Å². The van der Waals surface area contributed by atoms with Crippen molar-refractivity contribution in [2.45, 2.75) is 71.8 Å². The Kier molecular flexibility index (Phi) is 4.82. The molecule has 1 nitrogen and oxygen atoms in total. The van der Waals surface area contributed by atoms with Gasteiger partial charge in [0.1, 0.15) is 0 Å². The van der Waals surface area contributed by atoms with Crippen LogP contribution in [0.4, 0.5) is 0 Å². The molecule has 2 rings (SSSR count). The highest BCUT2D eigenvalue weighted by Crippen LogP contribution is 2.54. The molecule has 2 fully saturated rings. The monoisotopic (exact) mass is 288 g/mol. The molecule has 0 aromatic rings. The summed E-state index contributed by atoms with van der Waals surface area (Å²) < 4.78 is 0. The Bertz CT molecular complexity index is 449. The largest absolute Gasteiger partial charge is 0.386 e. The second-order valence-electron chi connectivity index (χ2n) is 8.11. The van der Waals surface area contributed by atoms with E-state index in [1.807, 2.05) is 26.0 Å². The molecular weight excluding hydrogens is 256 g/mol. The molecule has 2 aliphatic rings. The van der Waals surface area contributed by atoms with Crippen LogP contribution in [0.15, 0.2) is 36.0 Å². The van der Waals surface area contributed by atoms with Crippen molar-refractivity contribution < 1.29 is 5.11 Å². The predicted octanol–water partition coefficient (Wildman–Crippen LogP) is 5.42. The zero-order chi connectivity index (χ0) is 15.7. The number of fused-ring (bicyclic) bond motifs is 1. The van der Waals surface area contributed by atoms with Gasteiger partial charge in [-0.15, -0.1) is 0 Å². The van der Waals surface area contributed by atoms with Gasteiger partial charge >= 0.3 is 0 Å². The van der Waals surface area contributed by atoms with Gasteiger partial charge in [-0.2, -0.15) is 0 Å². The first-order chi connectivity index (χ1) is 9.71. The van der Waals surface area contributed by atoms with Crippen LogP contribution in [0.1, 0.15) is 66.2 Å². The molecule has 2 saturated carbocycles. The molecule has 1 heteroatoms. The lowest BCUT2D eigenvalue weighted by Crippen LogP contribution is -2.38. The Labute approximate surface area is 130 Å². The molecule has 0 radical (unpaired) electrons. The maximum atomic E-state index is 9.74. The quantitative estimate of drug-likeness (QED) is 0.543. The minimum Gasteiger partial charge on any atom is -0.386 e. The summed E-state index contributed by atoms with van der Waals surface area (Å²) in [6, 6.07) is 0. The van der Waals surface area contributed by atoms with Gasteiger partial charge in [-0.3, -0.25) is 0 Å². The average Bonchev–Trinajstić information content (AvgIpc) is 2.36. The molecule has 0 aromatic carbocycles. The molecular formula is C20H32O. The SMILES string of the molecule is C=C1CCC[C@]2(C)CC[C@H](/C(C)=C\C=C\C(C)(C)O)C[C@@H]12. The van der Waals surface area contributed by atoms with Gasteiger partial charge in [0.15, 0.2) is 0 Å². The van der Waals surface area contributed by atoms with Crippen molar-refractivity contribution in [2.75, 3.05) is 0 Å². The molecule has 2 aliphatic carbocycles. The van der Waals surface area contributed by atoms with E-state index in [1.165, 1.54) is 49.7 Å². The van der Waals surface area contributed by atoms with Gasteiger partial charge < -0.3 is 5.11 Å². The third kappa shape index (κ3) is 4.10. The Hall–Kier alpha value is -0.820. The lowest BCUT2D eigenvalue weighted by atomic mass is 9.56. The van der Waals surface area contributed by atoms with E-state index in [0.717, 1.165) is 0 Å². The van der Waals surface area contributed by atoms with Gasteiger partial charge in [-0.05, 0) is 76.5 Å². The van der Waals surface area contributed by atoms with E-state index >= 15 is 0 Å². The number of aliphatic hydroxyl groups is 1. The summed E-state index contributed by atoms with van der Waals surface area (Å²) in [5, 5.41) is 9.74. The normalized spacial score (nSPS) is 35.1. The van der Waals surface area contributed by atoms with E-state index in [9.17, 15) is 5.11 Å². The third-order valence-electron chi connectivity index (χ3n) is 5.67. The molecule has 0 aromatic heterocycles. The molecule has 0 unspecified atom stereocenters. The van der Waals surface area contributed by atoms with E-state index in [1.54, 1.807) is 0 Å². The topological polar surface area (TPSA) is 20.2 Å². The van der Waals surface area contributed by atoms with E-state index in [0.29, 0.717) is 17.3 Å². The summed E-state index contributed by atoms with van der Waals surface area (Å²) in [7, 11) is 0. The Morgan fingerprint density at radius 1 is 1.38 bits per heavy atom. The highest BCUT2D eigenvalue weighted by atomic mass is 16.3. The summed E-state index contributed by atoms with van der Waals surface area (Å²) >= 11 is 0. The van der Waals surface area contributed by atoms with Crippen molar-refractivity contribution in [3.63, 3.8) is 0 Å². The van der Waals surface area contributed by atoms with Crippen molar-refractivity contribution in [1.82, 2.24) is 0 Å². The Balaban J connectivity index is 2.05. The van der Waals surface area contributed by atoms with Crippen molar-refractivity contribution in [2.24, 2.45) is 17.3 Å². The van der Waals surface area contributed by atoms with Gasteiger partial charge in [-0.1, -0.05) is 42.9 Å². The van der Waals surface area contributed by atoms with Crippen molar-refractivity contribution >= 4 is 0 Å². The fourth-order valence-corrected chi connectivity index (χ4v) is 4.20. The number of hydrogen-bond donors (Lipinski definition) is 1. The summed E-state index contributed by atoms with van der Waals surface area (Å²) in [6.45, 7) is 12.7. The smallest absolute Gasteiger partial charge is 0.0774 e. The molecule has 3 atom stereocenters. The molecule has 0 saturated heterocycles. The minimum atomic E-state index is -0.723. The van der Waals surface area contributed by atoms with Crippen LogP contribution in [0.25, 0.3) is 0 Å². The van der Waals surface area contributed by atoms with Crippen LogP contribution >= 0.6 is 0 Å². The van der Waals surface area contributed by atoms with Crippen LogP contribution in [0.5, 0.6) is 0 Å². The first-order valence-electron chi connectivity index (χ1n) is 8.47. The predicted molar refractivity (Wildman–Crippen MR) is 91.1 cm³/mol. The Morgan fingerprint density at radius 2 is 2.10 bits per heavy atom. The van der Waals surface area contributed by atoms with Crippen molar-refractivity contribution in [3.05, 3.63) is 36.0 Å². The summed E-state index contributed by atoms with van der Waals surface area (Å²) in [6.07, 6.45) is 13.9. The molecule has 118 valence electrons. The van der Waals surface area contributed by atoms with Crippen molar-refractivity contribution in [3.8, 4) is 0 Å². The highest BCUT2D eigenvalue weighted by Gasteiger charge is 2.42. The highest BCUT2D eigenvalue weighted by molar-refractivity contribution is 5.20. The summed E-state index contributed by atoms with van der Waals surface area (Å²) in [5.74, 6) is 1.40. The number of hydrogen-bond acceptors (Lipinski definition) is 1. The average molecular weight is 288 g/mol. The van der Waals surface area contributed by atoms with Crippen LogP contribution < -0.4 is 0 Å². The standard InChI is InChI=1S/C20H32O/c1-15(8-6-11-19(3,4)21)17-10-13-20(5)12-7-9-16(2)18(20)14-17/h6,8,11,17-18,21H,2,7,9-10,12-14H2,1,3-5H3/b11-6+,15-8-/t17-,18-,20+/m0/s1. The molecule has 0 amide bonds. The summed E-state index contributed by atoms with van der Waals surface area (Å²) in [5.41, 5.74) is 2.73. The fraction of sp³-hybridized carbons (Fsp3) is 0.700. The lowest BCUT2D eigenvalue weighted by molar-refractivity contribution is 0.0831. The second-order valence-corrected chi connectivity index (χ2v) is 8.11. The minimum absolute atomic E-state index is 0.509. The van der Waals surface area contributed by atoms with Gasteiger partial charge in [0.25, 0.3) is 0 Å². The zero-order valence-electron chi connectivity index (χ0n) is 14.3. The zero-order valence-corrected chi connectivity index (χ0v) is 14.3. The van der Waals surface area contributed by atoms with Crippen molar-refractivity contribution in [1.29, 1.82) is 0 Å². The van der Waals surface area contributed by atoms with Crippen LogP contribution in [-0.2, 0) is 0 Å². The van der Waals surface area contributed by atoms with Gasteiger partial charge in [0.2, 0.25) is 0 Å². The first-order valence-corrected chi connectivity index (χ1v) is 8.47. The molecule has 0 aliphatic heterocycles. The van der Waals surface area contributed by atoms with E-state index in [4.69, 9.17) is 0 Å². The lowest BCUT2D eigenvalue weighted by Gasteiger charge is -2.49. The van der Waals surface area contributed by atoms with E-state index < -0.39 is 5.60 Å².